The summed E-state index contributed by atoms with van der Waals surface area (Å²) in [6.45, 7) is 0. The van der Waals surface area contributed by atoms with Crippen LogP contribution in [-0.4, -0.2) is 47.3 Å². The van der Waals surface area contributed by atoms with Gasteiger partial charge in [-0.15, -0.1) is 0 Å². The van der Waals surface area contributed by atoms with Gasteiger partial charge in [-0.05, 0) is 24.3 Å². The first kappa shape index (κ1) is 21.9. The van der Waals surface area contributed by atoms with E-state index in [-0.39, 0.29) is 10.8 Å². The minimum Gasteiger partial charge on any atom is -0.333 e. The molecule has 32 heavy (non-hydrogen) atoms. The summed E-state index contributed by atoms with van der Waals surface area (Å²) in [5.41, 5.74) is 1.98. The van der Waals surface area contributed by atoms with Gasteiger partial charge < -0.3 is 4.57 Å². The Morgan fingerprint density at radius 1 is 1.06 bits per heavy atom. The molecule has 0 bridgehead atoms. The van der Waals surface area contributed by atoms with Crippen LogP contribution in [0, 0.1) is 0 Å². The van der Waals surface area contributed by atoms with Gasteiger partial charge in [0.2, 0.25) is 10.0 Å². The number of sulfonamides is 1. The molecule has 1 amide bonds. The molecule has 4 aromatic rings. The number of thiazole rings is 1. The molecule has 0 unspecified atom stereocenters. The Morgan fingerprint density at radius 3 is 2.34 bits per heavy atom. The number of aromatic nitrogens is 3. The Kier molecular flexibility index (Phi) is 5.92. The van der Waals surface area contributed by atoms with Crippen molar-refractivity contribution in [1.29, 1.82) is 0 Å². The van der Waals surface area contributed by atoms with Gasteiger partial charge in [0, 0.05) is 44.7 Å². The lowest BCUT2D eigenvalue weighted by molar-refractivity contribution is 0.102. The largest absolute Gasteiger partial charge is 0.333 e. The highest BCUT2D eigenvalue weighted by atomic mass is 32.2. The van der Waals surface area contributed by atoms with Crippen LogP contribution in [0.25, 0.3) is 22.0 Å². The fourth-order valence-corrected chi connectivity index (χ4v) is 4.98. The van der Waals surface area contributed by atoms with Gasteiger partial charge in [0.25, 0.3) is 5.91 Å². The normalized spacial score (nSPS) is 11.6. The molecule has 0 atom stereocenters. The van der Waals surface area contributed by atoms with E-state index in [4.69, 9.17) is 0 Å². The van der Waals surface area contributed by atoms with E-state index in [0.717, 1.165) is 26.3 Å². The van der Waals surface area contributed by atoms with E-state index in [9.17, 15) is 13.2 Å². The first-order chi connectivity index (χ1) is 15.3. The van der Waals surface area contributed by atoms with Crippen molar-refractivity contribution >= 4 is 32.4 Å². The number of anilines is 1. The third-order valence-corrected chi connectivity index (χ3v) is 7.61. The molecule has 164 valence electrons. The number of hydrogen-bond acceptors (Lipinski definition) is 6. The second kappa shape index (κ2) is 8.65. The van der Waals surface area contributed by atoms with Crippen LogP contribution in [0.2, 0.25) is 0 Å². The first-order valence-electron chi connectivity index (χ1n) is 9.65. The van der Waals surface area contributed by atoms with Crippen molar-refractivity contribution in [2.24, 2.45) is 7.05 Å². The topological polar surface area (TPSA) is 97.2 Å². The van der Waals surface area contributed by atoms with Crippen molar-refractivity contribution in [3.05, 3.63) is 72.6 Å². The maximum atomic E-state index is 12.8. The van der Waals surface area contributed by atoms with E-state index in [1.54, 1.807) is 6.20 Å². The molecule has 10 heteroatoms. The van der Waals surface area contributed by atoms with Crippen molar-refractivity contribution in [3.8, 4) is 22.0 Å². The molecule has 0 radical (unpaired) electrons. The zero-order chi connectivity index (χ0) is 22.9. The van der Waals surface area contributed by atoms with Crippen LogP contribution in [0.4, 0.5) is 5.13 Å². The molecule has 0 spiro atoms. The Balaban J connectivity index is 1.64. The molecule has 8 nitrogen and oxygen atoms in total. The van der Waals surface area contributed by atoms with Gasteiger partial charge in [-0.25, -0.2) is 22.7 Å². The summed E-state index contributed by atoms with van der Waals surface area (Å²) in [5.74, 6) is 0.374. The van der Waals surface area contributed by atoms with Crippen LogP contribution in [0.5, 0.6) is 0 Å². The Morgan fingerprint density at radius 2 is 1.75 bits per heavy atom. The average Bonchev–Trinajstić information content (AvgIpc) is 3.40. The Labute approximate surface area is 190 Å². The van der Waals surface area contributed by atoms with Crippen molar-refractivity contribution in [2.75, 3.05) is 19.4 Å². The zero-order valence-electron chi connectivity index (χ0n) is 17.7. The van der Waals surface area contributed by atoms with Crippen LogP contribution in [-0.2, 0) is 17.1 Å². The number of amides is 1. The number of rotatable bonds is 6. The molecular weight excluding hydrogens is 446 g/mol. The summed E-state index contributed by atoms with van der Waals surface area (Å²) in [5, 5.41) is 3.25. The van der Waals surface area contributed by atoms with Crippen LogP contribution in [0.3, 0.4) is 0 Å². The smallest absolute Gasteiger partial charge is 0.257 e. The molecule has 0 aliphatic carbocycles. The molecule has 0 saturated heterocycles. The van der Waals surface area contributed by atoms with Crippen LogP contribution in [0.1, 0.15) is 10.4 Å². The second-order valence-corrected chi connectivity index (χ2v) is 10.3. The Hall–Kier alpha value is -3.34. The summed E-state index contributed by atoms with van der Waals surface area (Å²) >= 11 is 1.33. The summed E-state index contributed by atoms with van der Waals surface area (Å²) in [7, 11) is 1.26. The quantitative estimate of drug-likeness (QED) is 0.466. The average molecular weight is 468 g/mol. The molecule has 2 aromatic heterocycles. The second-order valence-electron chi connectivity index (χ2n) is 7.19. The van der Waals surface area contributed by atoms with Crippen LogP contribution < -0.4 is 5.32 Å². The SMILES string of the molecule is CN(C)S(=O)(=O)c1ccc(C(=O)Nc2nc(-c3ccccc3)c(-c3nccn3C)s2)cc1. The summed E-state index contributed by atoms with van der Waals surface area (Å²) in [6, 6.07) is 15.5. The van der Waals surface area contributed by atoms with Gasteiger partial charge in [0.15, 0.2) is 11.0 Å². The van der Waals surface area contributed by atoms with E-state index < -0.39 is 10.0 Å². The van der Waals surface area contributed by atoms with Gasteiger partial charge >= 0.3 is 0 Å². The maximum absolute atomic E-state index is 12.8. The first-order valence-corrected chi connectivity index (χ1v) is 11.9. The fourth-order valence-electron chi connectivity index (χ4n) is 3.06. The van der Waals surface area contributed by atoms with Gasteiger partial charge in [0.05, 0.1) is 15.5 Å². The lowest BCUT2D eigenvalue weighted by Gasteiger charge is -2.11. The lowest BCUT2D eigenvalue weighted by atomic mass is 10.1. The highest BCUT2D eigenvalue weighted by Crippen LogP contribution is 2.38. The number of benzene rings is 2. The molecular formula is C22H21N5O3S2. The number of carbonyl (C=O) groups is 1. The van der Waals surface area contributed by atoms with Gasteiger partial charge in [-0.2, -0.15) is 0 Å². The van der Waals surface area contributed by atoms with Crippen molar-refractivity contribution < 1.29 is 13.2 Å². The summed E-state index contributed by atoms with van der Waals surface area (Å²) in [4.78, 5) is 22.8. The van der Waals surface area contributed by atoms with E-state index in [2.05, 4.69) is 15.3 Å². The molecule has 0 aliphatic rings. The maximum Gasteiger partial charge on any atom is 0.257 e. The molecule has 0 fully saturated rings. The fraction of sp³-hybridized carbons (Fsp3) is 0.136. The van der Waals surface area contributed by atoms with E-state index in [0.29, 0.717) is 10.7 Å². The van der Waals surface area contributed by atoms with Crippen molar-refractivity contribution in [1.82, 2.24) is 18.8 Å². The van der Waals surface area contributed by atoms with E-state index >= 15 is 0 Å². The molecule has 1 N–H and O–H groups in total. The van der Waals surface area contributed by atoms with Gasteiger partial charge in [0.1, 0.15) is 0 Å². The number of hydrogen-bond donors (Lipinski definition) is 1. The number of imidazole rings is 1. The summed E-state index contributed by atoms with van der Waals surface area (Å²) < 4.78 is 27.5. The third-order valence-electron chi connectivity index (χ3n) is 4.81. The van der Waals surface area contributed by atoms with Gasteiger partial charge in [-0.1, -0.05) is 41.7 Å². The molecule has 4 rings (SSSR count). The Bertz CT molecular complexity index is 1360. The molecule has 0 saturated carbocycles. The van der Waals surface area contributed by atoms with E-state index in [1.165, 1.54) is 49.7 Å². The highest BCUT2D eigenvalue weighted by Gasteiger charge is 2.21. The van der Waals surface area contributed by atoms with Crippen molar-refractivity contribution in [3.63, 3.8) is 0 Å². The predicted molar refractivity (Wildman–Crippen MR) is 125 cm³/mol. The molecule has 2 heterocycles. The monoisotopic (exact) mass is 467 g/mol. The number of aryl methyl sites for hydroxylation is 1. The zero-order valence-corrected chi connectivity index (χ0v) is 19.3. The molecule has 0 aliphatic heterocycles. The minimum absolute atomic E-state index is 0.122. The standard InChI is InChI=1S/C22H21N5O3S2/c1-26(2)32(29,30)17-11-9-16(10-12-17)21(28)25-22-24-18(15-7-5-4-6-8-15)19(31-22)20-23-13-14-27(20)3/h4-14H,1-3H3,(H,24,25,28). The van der Waals surface area contributed by atoms with Crippen molar-refractivity contribution in [2.45, 2.75) is 4.90 Å². The molecule has 2 aromatic carbocycles. The number of carbonyl (C=O) groups excluding carboxylic acids is 1. The highest BCUT2D eigenvalue weighted by molar-refractivity contribution is 7.89. The lowest BCUT2D eigenvalue weighted by Crippen LogP contribution is -2.22. The third kappa shape index (κ3) is 4.20. The predicted octanol–water partition coefficient (Wildman–Crippen LogP) is 3.71. The van der Waals surface area contributed by atoms with E-state index in [1.807, 2.05) is 48.1 Å². The van der Waals surface area contributed by atoms with Crippen LogP contribution in [0.15, 0.2) is 71.9 Å². The summed E-state index contributed by atoms with van der Waals surface area (Å²) in [6.07, 6.45) is 3.57. The van der Waals surface area contributed by atoms with Crippen LogP contribution >= 0.6 is 11.3 Å². The minimum atomic E-state index is -3.56. The van der Waals surface area contributed by atoms with Gasteiger partial charge in [-0.3, -0.25) is 10.1 Å². The number of nitrogens with zero attached hydrogens (tertiary/aromatic N) is 4. The number of nitrogens with one attached hydrogen (secondary N) is 1.